The van der Waals surface area contributed by atoms with Crippen LogP contribution >= 0.6 is 15.9 Å². The Hall–Kier alpha value is -0.440. The average Bonchev–Trinajstić information content (AvgIpc) is 2.06. The summed E-state index contributed by atoms with van der Waals surface area (Å²) in [5.74, 6) is 1.85. The van der Waals surface area contributed by atoms with Gasteiger partial charge in [-0.3, -0.25) is 0 Å². The van der Waals surface area contributed by atoms with E-state index in [1.165, 1.54) is 0 Å². The molecular weight excluding hydrogens is 208 g/mol. The highest BCUT2D eigenvalue weighted by Gasteiger charge is 2.22. The maximum absolute atomic E-state index is 5.45. The number of alkyl halides is 1. The van der Waals surface area contributed by atoms with Crippen LogP contribution in [0.5, 0.6) is 0 Å². The Kier molecular flexibility index (Phi) is 1.90. The van der Waals surface area contributed by atoms with Crippen LogP contribution in [0.15, 0.2) is 23.7 Å². The van der Waals surface area contributed by atoms with Gasteiger partial charge >= 0.3 is 0 Å². The molecule has 0 saturated heterocycles. The molecule has 1 heterocycles. The molecular formula is C8H9BrO2. The van der Waals surface area contributed by atoms with E-state index in [-0.39, 0.29) is 0 Å². The molecule has 1 aliphatic carbocycles. The quantitative estimate of drug-likeness (QED) is 0.577. The number of ether oxygens (including phenoxy) is 2. The van der Waals surface area contributed by atoms with Crippen molar-refractivity contribution in [1.82, 2.24) is 0 Å². The Morgan fingerprint density at radius 1 is 1.36 bits per heavy atom. The Morgan fingerprint density at radius 2 is 2.18 bits per heavy atom. The summed E-state index contributed by atoms with van der Waals surface area (Å²) in [5.41, 5.74) is 0. The lowest BCUT2D eigenvalue weighted by Crippen LogP contribution is -2.20. The molecule has 0 saturated carbocycles. The Bertz CT molecular complexity index is 220. The monoisotopic (exact) mass is 216 g/mol. The van der Waals surface area contributed by atoms with E-state index in [1.807, 2.05) is 6.08 Å². The highest BCUT2D eigenvalue weighted by molar-refractivity contribution is 9.09. The molecule has 1 aliphatic heterocycles. The largest absolute Gasteiger partial charge is 0.489 e. The number of hydrogen-bond acceptors (Lipinski definition) is 2. The smallest absolute Gasteiger partial charge is 0.157 e. The third-order valence-electron chi connectivity index (χ3n) is 1.74. The summed E-state index contributed by atoms with van der Waals surface area (Å²) in [7, 11) is 0. The van der Waals surface area contributed by atoms with Gasteiger partial charge < -0.3 is 9.47 Å². The Labute approximate surface area is 74.0 Å². The molecule has 2 rings (SSSR count). The molecule has 0 aromatic rings. The van der Waals surface area contributed by atoms with Gasteiger partial charge in [0.2, 0.25) is 0 Å². The minimum Gasteiger partial charge on any atom is -0.489 e. The van der Waals surface area contributed by atoms with Gasteiger partial charge in [-0.05, 0) is 12.5 Å². The Balaban J connectivity index is 2.27. The standard InChI is InChI=1S/C8H9BrO2/c9-6-2-1-3-7-8(6)11-5-4-10-7/h1,3,6H,2,4-5H2. The van der Waals surface area contributed by atoms with Crippen LogP contribution in [0.3, 0.4) is 0 Å². The minimum absolute atomic E-state index is 0.308. The van der Waals surface area contributed by atoms with Crippen molar-refractivity contribution in [2.24, 2.45) is 0 Å². The second-order valence-corrected chi connectivity index (χ2v) is 3.64. The molecule has 0 amide bonds. The van der Waals surface area contributed by atoms with Gasteiger partial charge in [-0.1, -0.05) is 22.0 Å². The third-order valence-corrected chi connectivity index (χ3v) is 2.53. The molecule has 0 spiro atoms. The summed E-state index contributed by atoms with van der Waals surface area (Å²) >= 11 is 3.52. The summed E-state index contributed by atoms with van der Waals surface area (Å²) in [6, 6.07) is 0. The number of halogens is 1. The molecule has 0 bridgehead atoms. The maximum atomic E-state index is 5.45. The van der Waals surface area contributed by atoms with Crippen molar-refractivity contribution in [2.45, 2.75) is 11.2 Å². The lowest BCUT2D eigenvalue weighted by Gasteiger charge is -2.25. The van der Waals surface area contributed by atoms with Crippen molar-refractivity contribution < 1.29 is 9.47 Å². The molecule has 0 fully saturated rings. The lowest BCUT2D eigenvalue weighted by molar-refractivity contribution is 0.0649. The van der Waals surface area contributed by atoms with E-state index in [0.29, 0.717) is 18.0 Å². The fourth-order valence-corrected chi connectivity index (χ4v) is 1.80. The van der Waals surface area contributed by atoms with Crippen molar-refractivity contribution in [3.05, 3.63) is 23.7 Å². The predicted octanol–water partition coefficient (Wildman–Crippen LogP) is 1.97. The molecule has 60 valence electrons. The topological polar surface area (TPSA) is 18.5 Å². The van der Waals surface area contributed by atoms with Crippen molar-refractivity contribution in [1.29, 1.82) is 0 Å². The molecule has 11 heavy (non-hydrogen) atoms. The van der Waals surface area contributed by atoms with Gasteiger partial charge in [0, 0.05) is 0 Å². The van der Waals surface area contributed by atoms with E-state index in [2.05, 4.69) is 22.0 Å². The molecule has 2 aliphatic rings. The van der Waals surface area contributed by atoms with Gasteiger partial charge in [0.25, 0.3) is 0 Å². The first-order chi connectivity index (χ1) is 5.38. The van der Waals surface area contributed by atoms with Crippen LogP contribution in [-0.2, 0) is 9.47 Å². The fraction of sp³-hybridized carbons (Fsp3) is 0.500. The lowest BCUT2D eigenvalue weighted by atomic mass is 10.1. The van der Waals surface area contributed by atoms with Crippen LogP contribution < -0.4 is 0 Å². The van der Waals surface area contributed by atoms with E-state index in [1.54, 1.807) is 0 Å². The predicted molar refractivity (Wildman–Crippen MR) is 45.4 cm³/mol. The summed E-state index contributed by atoms with van der Waals surface area (Å²) in [4.78, 5) is 0.308. The van der Waals surface area contributed by atoms with Crippen molar-refractivity contribution in [3.8, 4) is 0 Å². The molecule has 0 N–H and O–H groups in total. The third kappa shape index (κ3) is 1.29. The van der Waals surface area contributed by atoms with Gasteiger partial charge in [0.15, 0.2) is 11.5 Å². The van der Waals surface area contributed by atoms with Crippen LogP contribution in [0.1, 0.15) is 6.42 Å². The van der Waals surface area contributed by atoms with Crippen molar-refractivity contribution in [3.63, 3.8) is 0 Å². The molecule has 0 radical (unpaired) electrons. The van der Waals surface area contributed by atoms with Crippen molar-refractivity contribution >= 4 is 15.9 Å². The number of allylic oxidation sites excluding steroid dienone is 3. The van der Waals surface area contributed by atoms with Crippen LogP contribution in [0, 0.1) is 0 Å². The van der Waals surface area contributed by atoms with Gasteiger partial charge in [-0.15, -0.1) is 0 Å². The molecule has 1 atom stereocenters. The molecule has 0 aromatic carbocycles. The SMILES string of the molecule is BrC1CC=CC2=C1OCCO2. The summed E-state index contributed by atoms with van der Waals surface area (Å²) in [5, 5.41) is 0. The molecule has 3 heteroatoms. The summed E-state index contributed by atoms with van der Waals surface area (Å²) in [6.07, 6.45) is 5.06. The molecule has 0 aromatic heterocycles. The van der Waals surface area contributed by atoms with Gasteiger partial charge in [0.05, 0.1) is 4.83 Å². The average molecular weight is 217 g/mol. The maximum Gasteiger partial charge on any atom is 0.157 e. The zero-order valence-electron chi connectivity index (χ0n) is 6.05. The number of hydrogen-bond donors (Lipinski definition) is 0. The first kappa shape index (κ1) is 7.22. The van der Waals surface area contributed by atoms with E-state index >= 15 is 0 Å². The van der Waals surface area contributed by atoms with Crippen molar-refractivity contribution in [2.75, 3.05) is 13.2 Å². The summed E-state index contributed by atoms with van der Waals surface area (Å²) < 4.78 is 10.8. The molecule has 1 unspecified atom stereocenters. The van der Waals surface area contributed by atoms with Gasteiger partial charge in [0.1, 0.15) is 13.2 Å². The first-order valence-electron chi connectivity index (χ1n) is 3.68. The fourth-order valence-electron chi connectivity index (χ4n) is 1.22. The summed E-state index contributed by atoms with van der Waals surface area (Å²) in [6.45, 7) is 1.34. The second-order valence-electron chi connectivity index (χ2n) is 2.53. The number of rotatable bonds is 0. The van der Waals surface area contributed by atoms with Crippen LogP contribution in [0.2, 0.25) is 0 Å². The van der Waals surface area contributed by atoms with Gasteiger partial charge in [-0.2, -0.15) is 0 Å². The first-order valence-corrected chi connectivity index (χ1v) is 4.60. The van der Waals surface area contributed by atoms with E-state index in [0.717, 1.165) is 17.9 Å². The second kappa shape index (κ2) is 2.89. The van der Waals surface area contributed by atoms with E-state index < -0.39 is 0 Å². The zero-order valence-corrected chi connectivity index (χ0v) is 7.63. The zero-order chi connectivity index (χ0) is 7.68. The minimum atomic E-state index is 0.308. The van der Waals surface area contributed by atoms with E-state index in [4.69, 9.17) is 9.47 Å². The van der Waals surface area contributed by atoms with Gasteiger partial charge in [-0.25, -0.2) is 0 Å². The highest BCUT2D eigenvalue weighted by atomic mass is 79.9. The normalized spacial score (nSPS) is 29.0. The van der Waals surface area contributed by atoms with Crippen LogP contribution in [0.4, 0.5) is 0 Å². The van der Waals surface area contributed by atoms with E-state index in [9.17, 15) is 0 Å². The van der Waals surface area contributed by atoms with Crippen LogP contribution in [0.25, 0.3) is 0 Å². The molecule has 2 nitrogen and oxygen atoms in total. The van der Waals surface area contributed by atoms with Crippen LogP contribution in [-0.4, -0.2) is 18.0 Å². The Morgan fingerprint density at radius 3 is 3.00 bits per heavy atom. The highest BCUT2D eigenvalue weighted by Crippen LogP contribution is 2.28.